The lowest BCUT2D eigenvalue weighted by Crippen LogP contribution is -2.41. The zero-order chi connectivity index (χ0) is 17.7. The molecule has 130 valence electrons. The van der Waals surface area contributed by atoms with Gasteiger partial charge in [-0.25, -0.2) is 4.79 Å². The molecule has 5 nitrogen and oxygen atoms in total. The van der Waals surface area contributed by atoms with Crippen molar-refractivity contribution in [1.29, 1.82) is 0 Å². The molecular formula is C16H22BNO4S2. The molecule has 2 fully saturated rings. The average Bonchev–Trinajstić information content (AvgIpc) is 2.65. The van der Waals surface area contributed by atoms with E-state index < -0.39 is 24.3 Å². The van der Waals surface area contributed by atoms with E-state index in [-0.39, 0.29) is 5.56 Å². The van der Waals surface area contributed by atoms with Crippen LogP contribution in [0.25, 0.3) is 0 Å². The predicted molar refractivity (Wildman–Crippen MR) is 101 cm³/mol. The van der Waals surface area contributed by atoms with Gasteiger partial charge in [-0.05, 0) is 51.4 Å². The van der Waals surface area contributed by atoms with Gasteiger partial charge in [-0.3, -0.25) is 0 Å². The van der Waals surface area contributed by atoms with Crippen molar-refractivity contribution in [2.45, 2.75) is 43.6 Å². The van der Waals surface area contributed by atoms with Gasteiger partial charge in [-0.2, -0.15) is 0 Å². The molecule has 0 spiro atoms. The van der Waals surface area contributed by atoms with Crippen LogP contribution < -0.4 is 10.4 Å². The third-order valence-electron chi connectivity index (χ3n) is 4.86. The Morgan fingerprint density at radius 3 is 2.25 bits per heavy atom. The van der Waals surface area contributed by atoms with Crippen molar-refractivity contribution in [3.05, 3.63) is 23.8 Å². The second kappa shape index (κ2) is 6.16. The van der Waals surface area contributed by atoms with Gasteiger partial charge in [0.25, 0.3) is 0 Å². The Balaban J connectivity index is 1.95. The van der Waals surface area contributed by atoms with E-state index in [4.69, 9.17) is 9.31 Å². The van der Waals surface area contributed by atoms with Gasteiger partial charge >= 0.3 is 13.1 Å². The molecule has 24 heavy (non-hydrogen) atoms. The van der Waals surface area contributed by atoms with Crippen molar-refractivity contribution in [3.8, 4) is 0 Å². The standard InChI is InChI=1S/C16H22BNO4S2/c1-15(2)16(3,4)22-17(21-15)11-6-10(13(19)20)7-12(8-11)18(5)14-23-9-24-14/h6-8,14H,9H2,1-5H3,(H,19,20). The summed E-state index contributed by atoms with van der Waals surface area (Å²) in [5.74, 6) is -0.947. The van der Waals surface area contributed by atoms with Crippen molar-refractivity contribution in [1.82, 2.24) is 0 Å². The molecule has 0 aromatic heterocycles. The maximum absolute atomic E-state index is 11.5. The highest BCUT2D eigenvalue weighted by molar-refractivity contribution is 8.32. The maximum atomic E-state index is 11.5. The van der Waals surface area contributed by atoms with E-state index in [9.17, 15) is 9.90 Å². The molecule has 0 saturated carbocycles. The zero-order valence-corrected chi connectivity index (χ0v) is 16.2. The molecule has 2 aliphatic heterocycles. The van der Waals surface area contributed by atoms with E-state index >= 15 is 0 Å². The normalized spacial score (nSPS) is 22.3. The number of anilines is 1. The minimum Gasteiger partial charge on any atom is -0.478 e. The van der Waals surface area contributed by atoms with Crippen LogP contribution in [0.1, 0.15) is 38.1 Å². The smallest absolute Gasteiger partial charge is 0.478 e. The minimum absolute atomic E-state index is 0.249. The monoisotopic (exact) mass is 367 g/mol. The lowest BCUT2D eigenvalue weighted by Gasteiger charge is -2.35. The van der Waals surface area contributed by atoms with Crippen molar-refractivity contribution in [3.63, 3.8) is 0 Å². The van der Waals surface area contributed by atoms with Crippen molar-refractivity contribution in [2.75, 3.05) is 17.0 Å². The highest BCUT2D eigenvalue weighted by Gasteiger charge is 2.51. The molecule has 0 radical (unpaired) electrons. The van der Waals surface area contributed by atoms with E-state index in [0.29, 0.717) is 4.71 Å². The van der Waals surface area contributed by atoms with Crippen molar-refractivity contribution in [2.24, 2.45) is 0 Å². The molecule has 0 bridgehead atoms. The summed E-state index contributed by atoms with van der Waals surface area (Å²) in [5.41, 5.74) is 0.943. The fourth-order valence-corrected chi connectivity index (χ4v) is 4.27. The molecule has 2 aliphatic rings. The first-order chi connectivity index (χ1) is 11.1. The summed E-state index contributed by atoms with van der Waals surface area (Å²) in [4.78, 5) is 13.6. The second-order valence-corrected chi connectivity index (χ2v) is 9.88. The minimum atomic E-state index is -0.947. The van der Waals surface area contributed by atoms with Crippen LogP contribution in [0.3, 0.4) is 0 Å². The Morgan fingerprint density at radius 1 is 1.21 bits per heavy atom. The SMILES string of the molecule is CN(c1cc(B2OC(C)(C)C(C)(C)O2)cc(C(=O)O)c1)C1SCS1. The lowest BCUT2D eigenvalue weighted by molar-refractivity contribution is 0.00578. The van der Waals surface area contributed by atoms with Crippen LogP contribution in [0.15, 0.2) is 18.2 Å². The fraction of sp³-hybridized carbons (Fsp3) is 0.562. The summed E-state index contributed by atoms with van der Waals surface area (Å²) < 4.78 is 12.5. The summed E-state index contributed by atoms with van der Waals surface area (Å²) in [6, 6.07) is 5.31. The third-order valence-corrected chi connectivity index (χ3v) is 7.97. The largest absolute Gasteiger partial charge is 0.494 e. The summed E-state index contributed by atoms with van der Waals surface area (Å²) in [5, 5.41) is 10.5. The molecule has 0 unspecified atom stereocenters. The van der Waals surface area contributed by atoms with Crippen LogP contribution in [-0.4, -0.2) is 46.2 Å². The number of aromatic carboxylic acids is 1. The lowest BCUT2D eigenvalue weighted by atomic mass is 9.78. The summed E-state index contributed by atoms with van der Waals surface area (Å²) in [6.45, 7) is 7.96. The summed E-state index contributed by atoms with van der Waals surface area (Å²) in [6.07, 6.45) is 0. The van der Waals surface area contributed by atoms with Gasteiger partial charge in [0.15, 0.2) is 0 Å². The molecule has 1 N–H and O–H groups in total. The predicted octanol–water partition coefficient (Wildman–Crippen LogP) is 2.84. The topological polar surface area (TPSA) is 59.0 Å². The van der Waals surface area contributed by atoms with Gasteiger partial charge in [0.2, 0.25) is 0 Å². The van der Waals surface area contributed by atoms with Gasteiger partial charge in [0.1, 0.15) is 4.71 Å². The summed E-state index contributed by atoms with van der Waals surface area (Å²) in [7, 11) is 1.42. The first kappa shape index (κ1) is 18.0. The molecule has 3 rings (SSSR count). The molecule has 0 amide bonds. The molecule has 0 atom stereocenters. The van der Waals surface area contributed by atoms with E-state index in [1.165, 1.54) is 0 Å². The number of carbonyl (C=O) groups is 1. The Bertz CT molecular complexity index is 647. The van der Waals surface area contributed by atoms with Crippen molar-refractivity contribution < 1.29 is 19.2 Å². The number of hydrogen-bond donors (Lipinski definition) is 1. The number of benzene rings is 1. The molecular weight excluding hydrogens is 345 g/mol. The number of carboxylic acids is 1. The van der Waals surface area contributed by atoms with Crippen LogP contribution in [0.4, 0.5) is 5.69 Å². The number of hydrogen-bond acceptors (Lipinski definition) is 6. The number of carboxylic acid groups (broad SMARTS) is 1. The molecule has 1 aromatic carbocycles. The molecule has 2 heterocycles. The highest BCUT2D eigenvalue weighted by atomic mass is 32.3. The van der Waals surface area contributed by atoms with E-state index in [1.807, 2.05) is 64.3 Å². The van der Waals surface area contributed by atoms with Gasteiger partial charge in [0, 0.05) is 17.8 Å². The highest BCUT2D eigenvalue weighted by Crippen LogP contribution is 2.42. The van der Waals surface area contributed by atoms with Crippen LogP contribution in [0.5, 0.6) is 0 Å². The van der Waals surface area contributed by atoms with Gasteiger partial charge in [0.05, 0.1) is 16.8 Å². The molecule has 2 saturated heterocycles. The Hall–Kier alpha value is -0.825. The first-order valence-corrected chi connectivity index (χ1v) is 9.90. The van der Waals surface area contributed by atoms with Gasteiger partial charge in [-0.1, -0.05) is 0 Å². The summed E-state index contributed by atoms with van der Waals surface area (Å²) >= 11 is 3.68. The van der Waals surface area contributed by atoms with Crippen molar-refractivity contribution >= 4 is 47.8 Å². The molecule has 1 aromatic rings. The quantitative estimate of drug-likeness (QED) is 0.821. The Morgan fingerprint density at radius 2 is 1.79 bits per heavy atom. The first-order valence-electron chi connectivity index (χ1n) is 7.81. The Labute approximate surface area is 151 Å². The number of nitrogens with zero attached hydrogens (tertiary/aromatic N) is 1. The van der Waals surface area contributed by atoms with E-state index in [0.717, 1.165) is 16.2 Å². The van der Waals surface area contributed by atoms with Crippen LogP contribution >= 0.6 is 23.5 Å². The van der Waals surface area contributed by atoms with Gasteiger partial charge < -0.3 is 19.3 Å². The number of rotatable bonds is 4. The Kier molecular flexibility index (Phi) is 4.62. The van der Waals surface area contributed by atoms with E-state index in [2.05, 4.69) is 4.90 Å². The number of thioether (sulfide) groups is 2. The van der Waals surface area contributed by atoms with Crippen LogP contribution in [-0.2, 0) is 9.31 Å². The third kappa shape index (κ3) is 3.17. The van der Waals surface area contributed by atoms with Gasteiger partial charge in [-0.15, -0.1) is 23.5 Å². The average molecular weight is 367 g/mol. The van der Waals surface area contributed by atoms with Crippen LogP contribution in [0, 0.1) is 0 Å². The van der Waals surface area contributed by atoms with E-state index in [1.54, 1.807) is 12.1 Å². The van der Waals surface area contributed by atoms with Crippen LogP contribution in [0.2, 0.25) is 0 Å². The second-order valence-electron chi connectivity index (χ2n) is 7.08. The molecule has 8 heteroatoms. The fourth-order valence-electron chi connectivity index (χ4n) is 2.55. The zero-order valence-electron chi connectivity index (χ0n) is 14.5. The maximum Gasteiger partial charge on any atom is 0.494 e. The molecule has 0 aliphatic carbocycles.